The summed E-state index contributed by atoms with van der Waals surface area (Å²) in [5, 5.41) is 10.0. The highest BCUT2D eigenvalue weighted by Crippen LogP contribution is 2.36. The van der Waals surface area contributed by atoms with Gasteiger partial charge in [0, 0.05) is 42.3 Å². The first-order valence-electron chi connectivity index (χ1n) is 12.8. The number of ether oxygens (including phenoxy) is 1. The summed E-state index contributed by atoms with van der Waals surface area (Å²) in [7, 11) is 0. The Morgan fingerprint density at radius 3 is 2.89 bits per heavy atom. The second kappa shape index (κ2) is 11.5. The Hall–Kier alpha value is -3.87. The van der Waals surface area contributed by atoms with Crippen LogP contribution >= 0.6 is 0 Å². The molecule has 0 aliphatic heterocycles. The van der Waals surface area contributed by atoms with Crippen molar-refractivity contribution in [2.45, 2.75) is 32.2 Å². The lowest BCUT2D eigenvalue weighted by Crippen LogP contribution is -2.33. The van der Waals surface area contributed by atoms with E-state index in [0.717, 1.165) is 43.7 Å². The van der Waals surface area contributed by atoms with Crippen LogP contribution in [0.1, 0.15) is 40.3 Å². The number of rotatable bonds is 10. The van der Waals surface area contributed by atoms with Gasteiger partial charge in [-0.1, -0.05) is 48.5 Å². The number of hydroxylamine groups is 1. The molecule has 37 heavy (non-hydrogen) atoms. The van der Waals surface area contributed by atoms with Gasteiger partial charge in [0.25, 0.3) is 5.91 Å². The van der Waals surface area contributed by atoms with Crippen LogP contribution in [0.2, 0.25) is 0 Å². The molecule has 1 heterocycles. The number of hydrogen-bond acceptors (Lipinski definition) is 4. The minimum Gasteiger partial charge on any atom is -0.492 e. The number of aryl methyl sites for hydroxylation is 2. The van der Waals surface area contributed by atoms with Crippen molar-refractivity contribution in [2.24, 2.45) is 0 Å². The van der Waals surface area contributed by atoms with Crippen molar-refractivity contribution >= 4 is 22.9 Å². The Labute approximate surface area is 217 Å². The van der Waals surface area contributed by atoms with Crippen molar-refractivity contribution in [3.63, 3.8) is 0 Å². The number of para-hydroxylation sites is 1. The fourth-order valence-electron chi connectivity index (χ4n) is 5.32. The lowest BCUT2D eigenvalue weighted by molar-refractivity contribution is -0.124. The fourth-order valence-corrected chi connectivity index (χ4v) is 5.32. The first-order valence-corrected chi connectivity index (χ1v) is 12.8. The predicted octanol–water partition coefficient (Wildman–Crippen LogP) is 5.61. The number of nitrogens with one attached hydrogen (secondary N) is 2. The fraction of sp³-hybridized carbons (Fsp3) is 0.258. The van der Waals surface area contributed by atoms with Crippen LogP contribution in [-0.2, 0) is 17.6 Å². The average molecular weight is 496 g/mol. The van der Waals surface area contributed by atoms with Crippen molar-refractivity contribution in [1.82, 2.24) is 15.4 Å². The quantitative estimate of drug-likeness (QED) is 0.152. The normalized spacial score (nSPS) is 14.9. The Bertz CT molecular complexity index is 1410. The second-order valence-electron chi connectivity index (χ2n) is 9.63. The zero-order chi connectivity index (χ0) is 25.6. The highest BCUT2D eigenvalue weighted by atomic mass is 16.5. The number of hydrogen-bond donors (Lipinski definition) is 3. The smallest absolute Gasteiger partial charge is 0.267 e. The van der Waals surface area contributed by atoms with Gasteiger partial charge in [-0.15, -0.1) is 0 Å². The summed E-state index contributed by atoms with van der Waals surface area (Å²) >= 11 is 0. The molecule has 190 valence electrons. The summed E-state index contributed by atoms with van der Waals surface area (Å²) < 4.78 is 6.14. The maximum atomic E-state index is 11.4. The van der Waals surface area contributed by atoms with E-state index in [4.69, 9.17) is 9.94 Å². The van der Waals surface area contributed by atoms with Gasteiger partial charge in [-0.05, 0) is 78.3 Å². The van der Waals surface area contributed by atoms with Crippen LogP contribution in [0.15, 0.2) is 79.0 Å². The van der Waals surface area contributed by atoms with E-state index >= 15 is 0 Å². The lowest BCUT2D eigenvalue weighted by atomic mass is 10.0. The topological polar surface area (TPSA) is 77.6 Å². The molecular weight excluding hydrogens is 462 g/mol. The Morgan fingerprint density at radius 2 is 2.03 bits per heavy atom. The monoisotopic (exact) mass is 495 g/mol. The summed E-state index contributed by atoms with van der Waals surface area (Å²) in [5.74, 6) is 0.377. The first kappa shape index (κ1) is 24.8. The van der Waals surface area contributed by atoms with Crippen LogP contribution in [0.4, 0.5) is 0 Å². The van der Waals surface area contributed by atoms with Crippen molar-refractivity contribution < 1.29 is 14.7 Å². The number of aromatic amines is 1. The van der Waals surface area contributed by atoms with E-state index in [1.807, 2.05) is 18.2 Å². The third-order valence-corrected chi connectivity index (χ3v) is 7.17. The van der Waals surface area contributed by atoms with Crippen molar-refractivity contribution in [3.05, 3.63) is 107 Å². The molecule has 0 spiro atoms. The van der Waals surface area contributed by atoms with E-state index in [1.165, 1.54) is 39.2 Å². The minimum absolute atomic E-state index is 0.320. The van der Waals surface area contributed by atoms with Gasteiger partial charge in [-0.3, -0.25) is 14.9 Å². The number of carbonyl (C=O) groups is 1. The molecule has 1 aliphatic carbocycles. The van der Waals surface area contributed by atoms with Gasteiger partial charge >= 0.3 is 0 Å². The van der Waals surface area contributed by atoms with Crippen LogP contribution in [0.5, 0.6) is 5.75 Å². The zero-order valence-corrected chi connectivity index (χ0v) is 21.1. The van der Waals surface area contributed by atoms with Gasteiger partial charge in [0.15, 0.2) is 0 Å². The van der Waals surface area contributed by atoms with Crippen LogP contribution < -0.4 is 10.2 Å². The molecule has 1 amide bonds. The van der Waals surface area contributed by atoms with Gasteiger partial charge in [0.2, 0.25) is 0 Å². The predicted molar refractivity (Wildman–Crippen MR) is 147 cm³/mol. The summed E-state index contributed by atoms with van der Waals surface area (Å²) in [6.07, 6.45) is 8.20. The molecule has 1 unspecified atom stereocenters. The van der Waals surface area contributed by atoms with Crippen LogP contribution in [0, 0.1) is 6.92 Å². The highest BCUT2D eigenvalue weighted by Gasteiger charge is 2.28. The molecule has 6 nitrogen and oxygen atoms in total. The molecule has 0 saturated heterocycles. The molecular formula is C31H33N3O3. The molecule has 3 N–H and O–H groups in total. The average Bonchev–Trinajstić information content (AvgIpc) is 3.53. The molecule has 0 fully saturated rings. The summed E-state index contributed by atoms with van der Waals surface area (Å²) in [6.45, 7) is 4.47. The van der Waals surface area contributed by atoms with E-state index in [0.29, 0.717) is 12.6 Å². The largest absolute Gasteiger partial charge is 0.492 e. The lowest BCUT2D eigenvalue weighted by Gasteiger charge is -2.30. The zero-order valence-electron chi connectivity index (χ0n) is 21.1. The summed E-state index contributed by atoms with van der Waals surface area (Å²) in [6, 6.07) is 23.4. The van der Waals surface area contributed by atoms with Crippen molar-refractivity contribution in [1.29, 1.82) is 0 Å². The van der Waals surface area contributed by atoms with E-state index in [9.17, 15) is 4.79 Å². The number of H-pyrrole nitrogens is 1. The third-order valence-electron chi connectivity index (χ3n) is 7.17. The number of amides is 1. The molecule has 1 atom stereocenters. The molecule has 5 rings (SSSR count). The molecule has 0 bridgehead atoms. The number of benzene rings is 3. The molecule has 0 saturated carbocycles. The standard InChI is InChI=1S/C31H33N3O3/c1-22-5-4-6-26(19-22)37-18-17-34(16-15-25-21-32-29-8-3-2-7-27(25)29)30-13-11-24-20-23(9-12-28(24)30)10-14-31(35)33-36/h2-10,12,14,19-21,30,32,36H,11,13,15-18H2,1H3,(H,33,35). The second-order valence-corrected chi connectivity index (χ2v) is 9.63. The van der Waals surface area contributed by atoms with Crippen LogP contribution in [0.25, 0.3) is 17.0 Å². The highest BCUT2D eigenvalue weighted by molar-refractivity contribution is 5.90. The minimum atomic E-state index is -0.532. The third kappa shape index (κ3) is 5.93. The van der Waals surface area contributed by atoms with Gasteiger partial charge < -0.3 is 9.72 Å². The molecule has 1 aliphatic rings. The number of nitrogens with zero attached hydrogens (tertiary/aromatic N) is 1. The van der Waals surface area contributed by atoms with Gasteiger partial charge in [-0.2, -0.15) is 0 Å². The van der Waals surface area contributed by atoms with E-state index < -0.39 is 5.91 Å². The summed E-state index contributed by atoms with van der Waals surface area (Å²) in [4.78, 5) is 17.3. The molecule has 3 aromatic carbocycles. The number of carbonyl (C=O) groups excluding carboxylic acids is 1. The Balaban J connectivity index is 1.33. The molecule has 0 radical (unpaired) electrons. The first-order chi connectivity index (χ1) is 18.1. The maximum Gasteiger partial charge on any atom is 0.267 e. The Kier molecular flexibility index (Phi) is 7.68. The van der Waals surface area contributed by atoms with Crippen molar-refractivity contribution in [3.8, 4) is 5.75 Å². The van der Waals surface area contributed by atoms with Gasteiger partial charge in [0.05, 0.1) is 0 Å². The maximum absolute atomic E-state index is 11.4. The molecule has 4 aromatic rings. The van der Waals surface area contributed by atoms with E-state index in [-0.39, 0.29) is 0 Å². The number of fused-ring (bicyclic) bond motifs is 2. The van der Waals surface area contributed by atoms with Crippen LogP contribution in [-0.4, -0.2) is 40.7 Å². The SMILES string of the molecule is Cc1cccc(OCCN(CCc2c[nH]c3ccccc23)C2CCc3cc(C=CC(=O)NO)ccc32)c1. The number of aromatic nitrogens is 1. The van der Waals surface area contributed by atoms with E-state index in [2.05, 4.69) is 71.5 Å². The summed E-state index contributed by atoms with van der Waals surface area (Å²) in [5.41, 5.74) is 8.95. The molecule has 1 aromatic heterocycles. The van der Waals surface area contributed by atoms with Gasteiger partial charge in [0.1, 0.15) is 12.4 Å². The molecule has 6 heteroatoms. The van der Waals surface area contributed by atoms with Crippen molar-refractivity contribution in [2.75, 3.05) is 19.7 Å². The van der Waals surface area contributed by atoms with Gasteiger partial charge in [-0.25, -0.2) is 5.48 Å². The van der Waals surface area contributed by atoms with Crippen LogP contribution in [0.3, 0.4) is 0 Å². The van der Waals surface area contributed by atoms with E-state index in [1.54, 1.807) is 11.6 Å². The Morgan fingerprint density at radius 1 is 1.14 bits per heavy atom.